The first-order chi connectivity index (χ1) is 9.72. The van der Waals surface area contributed by atoms with Gasteiger partial charge in [-0.25, -0.2) is 0 Å². The molecule has 2 aromatic carbocycles. The first-order valence-corrected chi connectivity index (χ1v) is 6.62. The highest BCUT2D eigenvalue weighted by Gasteiger charge is 2.36. The van der Waals surface area contributed by atoms with Crippen LogP contribution in [0.25, 0.3) is 22.2 Å². The van der Waals surface area contributed by atoms with Crippen molar-refractivity contribution in [1.29, 1.82) is 0 Å². The first-order valence-electron chi connectivity index (χ1n) is 6.24. The second-order valence-electron chi connectivity index (χ2n) is 4.73. The van der Waals surface area contributed by atoms with Gasteiger partial charge in [0, 0.05) is 10.9 Å². The van der Waals surface area contributed by atoms with Gasteiger partial charge in [-0.1, -0.05) is 29.8 Å². The number of para-hydroxylation sites is 1. The lowest BCUT2D eigenvalue weighted by molar-refractivity contribution is 0.0951. The van der Waals surface area contributed by atoms with E-state index in [2.05, 4.69) is 0 Å². The third kappa shape index (κ3) is 1.28. The van der Waals surface area contributed by atoms with Crippen LogP contribution in [0.2, 0.25) is 5.02 Å². The van der Waals surface area contributed by atoms with E-state index in [-0.39, 0.29) is 5.91 Å². The lowest BCUT2D eigenvalue weighted by Gasteiger charge is -2.19. The lowest BCUT2D eigenvalue weighted by atomic mass is 10.0. The summed E-state index contributed by atoms with van der Waals surface area (Å²) in [7, 11) is 1.60. The Bertz CT molecular complexity index is 837. The highest BCUT2D eigenvalue weighted by molar-refractivity contribution is 6.35. The Hall–Kier alpha value is -2.26. The maximum atomic E-state index is 12.1. The lowest BCUT2D eigenvalue weighted by Crippen LogP contribution is -2.21. The predicted octanol–water partition coefficient (Wildman–Crippen LogP) is 3.97. The van der Waals surface area contributed by atoms with Crippen LogP contribution in [0.3, 0.4) is 0 Å². The summed E-state index contributed by atoms with van der Waals surface area (Å²) in [6, 6.07) is 13.3. The topological polar surface area (TPSA) is 31.2 Å². The van der Waals surface area contributed by atoms with Crippen LogP contribution < -0.4 is 4.74 Å². The molecule has 0 unspecified atom stereocenters. The van der Waals surface area contributed by atoms with Crippen LogP contribution in [0.5, 0.6) is 5.75 Å². The maximum absolute atomic E-state index is 12.1. The fraction of sp³-hybridized carbons (Fsp3) is 0.0625. The van der Waals surface area contributed by atoms with Crippen molar-refractivity contribution in [3.63, 3.8) is 0 Å². The number of hydrogen-bond donors (Lipinski definition) is 0. The molecule has 2 bridgehead atoms. The van der Waals surface area contributed by atoms with Gasteiger partial charge in [0.1, 0.15) is 5.75 Å². The van der Waals surface area contributed by atoms with Crippen LogP contribution in [-0.2, 0) is 0 Å². The van der Waals surface area contributed by atoms with Gasteiger partial charge in [-0.05, 0) is 24.3 Å². The minimum absolute atomic E-state index is 0.0492. The molecule has 4 heteroatoms. The number of halogens is 1. The van der Waals surface area contributed by atoms with Gasteiger partial charge in [-0.2, -0.15) is 0 Å². The van der Waals surface area contributed by atoms with Crippen molar-refractivity contribution < 1.29 is 9.53 Å². The van der Waals surface area contributed by atoms with E-state index in [1.165, 1.54) is 0 Å². The minimum Gasteiger partial charge on any atom is -0.497 e. The molecule has 1 aliphatic rings. The molecule has 3 nitrogen and oxygen atoms in total. The summed E-state index contributed by atoms with van der Waals surface area (Å²) in [5.74, 6) is 0.753. The Morgan fingerprint density at radius 3 is 2.65 bits per heavy atom. The predicted molar refractivity (Wildman–Crippen MR) is 78.7 cm³/mol. The molecule has 2 heterocycles. The van der Waals surface area contributed by atoms with E-state index < -0.39 is 0 Å². The summed E-state index contributed by atoms with van der Waals surface area (Å²) in [5, 5.41) is 1.57. The average Bonchev–Trinajstić information content (AvgIpc) is 2.96. The Balaban J connectivity index is 2.00. The summed E-state index contributed by atoms with van der Waals surface area (Å²) in [4.78, 5) is 12.1. The van der Waals surface area contributed by atoms with Crippen molar-refractivity contribution in [3.8, 4) is 17.0 Å². The zero-order chi connectivity index (χ0) is 13.9. The van der Waals surface area contributed by atoms with Gasteiger partial charge < -0.3 is 4.74 Å². The molecule has 3 aromatic rings. The molecule has 0 radical (unpaired) electrons. The van der Waals surface area contributed by atoms with Gasteiger partial charge in [0.05, 0.1) is 28.9 Å². The zero-order valence-corrected chi connectivity index (χ0v) is 11.4. The summed E-state index contributed by atoms with van der Waals surface area (Å²) >= 11 is 6.31. The van der Waals surface area contributed by atoms with E-state index in [1.54, 1.807) is 17.7 Å². The molecular formula is C16H10ClNO2. The summed E-state index contributed by atoms with van der Waals surface area (Å²) in [6.07, 6.45) is 0. The molecule has 4 rings (SSSR count). The zero-order valence-electron chi connectivity index (χ0n) is 10.7. The van der Waals surface area contributed by atoms with Gasteiger partial charge in [-0.3, -0.25) is 9.36 Å². The van der Waals surface area contributed by atoms with Gasteiger partial charge in [0.15, 0.2) is 0 Å². The summed E-state index contributed by atoms with van der Waals surface area (Å²) < 4.78 is 6.87. The Labute approximate surface area is 120 Å². The average molecular weight is 284 g/mol. The van der Waals surface area contributed by atoms with Crippen LogP contribution in [0.4, 0.5) is 0 Å². The van der Waals surface area contributed by atoms with Crippen molar-refractivity contribution in [2.24, 2.45) is 0 Å². The van der Waals surface area contributed by atoms with E-state index in [1.807, 2.05) is 36.4 Å². The molecule has 0 saturated carbocycles. The number of carbonyl (C=O) groups excluding carboxylic acids is 1. The molecule has 0 saturated heterocycles. The number of carbonyl (C=O) groups is 1. The number of rotatable bonds is 2. The third-order valence-electron chi connectivity index (χ3n) is 3.72. The number of benzene rings is 2. The smallest absolute Gasteiger partial charge is 0.265 e. The Morgan fingerprint density at radius 2 is 1.95 bits per heavy atom. The largest absolute Gasteiger partial charge is 0.497 e. The van der Waals surface area contributed by atoms with Gasteiger partial charge in [0.25, 0.3) is 5.91 Å². The monoisotopic (exact) mass is 283 g/mol. The molecule has 0 N–H and O–H groups in total. The van der Waals surface area contributed by atoms with Crippen molar-refractivity contribution in [3.05, 3.63) is 53.1 Å². The second-order valence-corrected chi connectivity index (χ2v) is 5.13. The van der Waals surface area contributed by atoms with E-state index in [4.69, 9.17) is 16.3 Å². The summed E-state index contributed by atoms with van der Waals surface area (Å²) in [5.41, 5.74) is 3.45. The highest BCUT2D eigenvalue weighted by Crippen LogP contribution is 2.44. The molecule has 0 amide bonds. The van der Waals surface area contributed by atoms with E-state index in [9.17, 15) is 4.79 Å². The molecule has 0 spiro atoms. The Morgan fingerprint density at radius 1 is 1.15 bits per heavy atom. The molecule has 1 aliphatic heterocycles. The van der Waals surface area contributed by atoms with Crippen molar-refractivity contribution >= 4 is 28.4 Å². The maximum Gasteiger partial charge on any atom is 0.265 e. The molecule has 98 valence electrons. The SMILES string of the molecule is COc1ccc(-c2c3c4ccccc4n2C3=O)c(Cl)c1. The van der Waals surface area contributed by atoms with Crippen LogP contribution in [-0.4, -0.2) is 17.6 Å². The standard InChI is InChI=1S/C16H10ClNO2/c1-20-9-6-7-10(12(17)8-9)15-14-11-4-2-3-5-13(11)18(15)16(14)19/h2-8H,1H3. The number of methoxy groups -OCH3 is 1. The third-order valence-corrected chi connectivity index (χ3v) is 4.04. The number of nitrogens with zero attached hydrogens (tertiary/aromatic N) is 1. The highest BCUT2D eigenvalue weighted by atomic mass is 35.5. The van der Waals surface area contributed by atoms with Crippen LogP contribution in [0.15, 0.2) is 42.5 Å². The van der Waals surface area contributed by atoms with E-state index in [0.29, 0.717) is 10.8 Å². The fourth-order valence-corrected chi connectivity index (χ4v) is 3.06. The number of ether oxygens (including phenoxy) is 1. The van der Waals surface area contributed by atoms with Crippen molar-refractivity contribution in [2.45, 2.75) is 0 Å². The Kier molecular flexibility index (Phi) is 2.24. The van der Waals surface area contributed by atoms with Crippen molar-refractivity contribution in [1.82, 2.24) is 4.57 Å². The van der Waals surface area contributed by atoms with E-state index in [0.717, 1.165) is 27.7 Å². The number of hydrogen-bond acceptors (Lipinski definition) is 2. The molecule has 0 fully saturated rings. The molecule has 0 aliphatic carbocycles. The quantitative estimate of drug-likeness (QED) is 0.557. The molecular weight excluding hydrogens is 274 g/mol. The second kappa shape index (κ2) is 3.87. The van der Waals surface area contributed by atoms with Gasteiger partial charge in [-0.15, -0.1) is 0 Å². The first kappa shape index (κ1) is 11.6. The molecule has 0 atom stereocenters. The van der Waals surface area contributed by atoms with E-state index >= 15 is 0 Å². The van der Waals surface area contributed by atoms with Crippen LogP contribution in [0.1, 0.15) is 10.4 Å². The normalized spacial score (nSPS) is 12.6. The number of aromatic nitrogens is 1. The molecule has 20 heavy (non-hydrogen) atoms. The molecule has 1 aromatic heterocycles. The summed E-state index contributed by atoms with van der Waals surface area (Å²) in [6.45, 7) is 0. The van der Waals surface area contributed by atoms with Crippen LogP contribution in [0, 0.1) is 0 Å². The fourth-order valence-electron chi connectivity index (χ4n) is 2.80. The van der Waals surface area contributed by atoms with Gasteiger partial charge in [0.2, 0.25) is 0 Å². The minimum atomic E-state index is 0.0492. The van der Waals surface area contributed by atoms with Gasteiger partial charge >= 0.3 is 0 Å². The van der Waals surface area contributed by atoms with Crippen molar-refractivity contribution in [2.75, 3.05) is 7.11 Å². The van der Waals surface area contributed by atoms with Crippen LogP contribution >= 0.6 is 11.6 Å². The number of fused-ring (bicyclic) bond motifs is 5.